The SMILES string of the molecule is COC(=O)C1(N(C(=O)c2ccco2)c2cccc(NC(C)=O)c2)CCN(C(=O)OC(C)(C)C)CC1. The minimum absolute atomic E-state index is 0.0350. The molecule has 0 radical (unpaired) electrons. The number of furan rings is 1. The zero-order valence-electron chi connectivity index (χ0n) is 20.6. The molecular formula is C25H31N3O7. The van der Waals surface area contributed by atoms with Crippen molar-refractivity contribution in [2.45, 2.75) is 51.7 Å². The molecule has 0 atom stereocenters. The van der Waals surface area contributed by atoms with Crippen molar-refractivity contribution in [1.82, 2.24) is 4.90 Å². The predicted octanol–water partition coefficient (Wildman–Crippen LogP) is 3.83. The van der Waals surface area contributed by atoms with Crippen molar-refractivity contribution in [1.29, 1.82) is 0 Å². The third-order valence-electron chi connectivity index (χ3n) is 5.60. The minimum Gasteiger partial charge on any atom is -0.467 e. The summed E-state index contributed by atoms with van der Waals surface area (Å²) in [5, 5.41) is 2.69. The molecule has 0 spiro atoms. The lowest BCUT2D eigenvalue weighted by Gasteiger charge is -2.46. The van der Waals surface area contributed by atoms with Gasteiger partial charge in [-0.1, -0.05) is 6.07 Å². The normalized spacial score (nSPS) is 15.2. The smallest absolute Gasteiger partial charge is 0.410 e. The fourth-order valence-corrected chi connectivity index (χ4v) is 4.09. The summed E-state index contributed by atoms with van der Waals surface area (Å²) in [6, 6.07) is 9.70. The Hall–Kier alpha value is -3.82. The summed E-state index contributed by atoms with van der Waals surface area (Å²) in [6.07, 6.45) is 1.09. The molecule has 0 saturated carbocycles. The van der Waals surface area contributed by atoms with E-state index < -0.39 is 29.1 Å². The minimum atomic E-state index is -1.42. The Balaban J connectivity index is 2.03. The lowest BCUT2D eigenvalue weighted by atomic mass is 9.84. The van der Waals surface area contributed by atoms with Gasteiger partial charge in [0.2, 0.25) is 5.91 Å². The van der Waals surface area contributed by atoms with E-state index in [0.29, 0.717) is 11.4 Å². The summed E-state index contributed by atoms with van der Waals surface area (Å²) >= 11 is 0. The summed E-state index contributed by atoms with van der Waals surface area (Å²) in [5.74, 6) is -1.41. The first-order valence-electron chi connectivity index (χ1n) is 11.3. The molecule has 2 heterocycles. The molecule has 10 nitrogen and oxygen atoms in total. The van der Waals surface area contributed by atoms with Gasteiger partial charge < -0.3 is 24.1 Å². The fraction of sp³-hybridized carbons (Fsp3) is 0.440. The van der Waals surface area contributed by atoms with Crippen LogP contribution in [0.4, 0.5) is 16.2 Å². The Morgan fingerprint density at radius 1 is 1.09 bits per heavy atom. The maximum absolute atomic E-state index is 13.7. The van der Waals surface area contributed by atoms with Crippen LogP contribution in [0.2, 0.25) is 0 Å². The number of hydrogen-bond donors (Lipinski definition) is 1. The van der Waals surface area contributed by atoms with E-state index in [1.807, 2.05) is 0 Å². The number of nitrogens with one attached hydrogen (secondary N) is 1. The average Bonchev–Trinajstić information content (AvgIpc) is 3.33. The number of piperidine rings is 1. The number of methoxy groups -OCH3 is 1. The van der Waals surface area contributed by atoms with E-state index in [9.17, 15) is 19.2 Å². The van der Waals surface area contributed by atoms with Crippen molar-refractivity contribution in [3.05, 3.63) is 48.4 Å². The molecule has 1 N–H and O–H groups in total. The van der Waals surface area contributed by atoms with Crippen LogP contribution in [-0.2, 0) is 19.1 Å². The highest BCUT2D eigenvalue weighted by molar-refractivity contribution is 6.10. The van der Waals surface area contributed by atoms with E-state index in [-0.39, 0.29) is 37.6 Å². The van der Waals surface area contributed by atoms with Crippen LogP contribution in [0.5, 0.6) is 0 Å². The summed E-state index contributed by atoms with van der Waals surface area (Å²) in [7, 11) is 1.26. The zero-order chi connectivity index (χ0) is 25.8. The monoisotopic (exact) mass is 485 g/mol. The van der Waals surface area contributed by atoms with Crippen molar-refractivity contribution < 1.29 is 33.1 Å². The molecule has 188 valence electrons. The second-order valence-electron chi connectivity index (χ2n) is 9.34. The molecule has 1 saturated heterocycles. The molecule has 2 aromatic rings. The average molecular weight is 486 g/mol. The van der Waals surface area contributed by atoms with Crippen molar-refractivity contribution >= 4 is 35.3 Å². The second-order valence-corrected chi connectivity index (χ2v) is 9.34. The highest BCUT2D eigenvalue weighted by Gasteiger charge is 2.51. The molecule has 1 aromatic carbocycles. The highest BCUT2D eigenvalue weighted by Crippen LogP contribution is 2.37. The third kappa shape index (κ3) is 5.82. The summed E-state index contributed by atoms with van der Waals surface area (Å²) in [4.78, 5) is 54.1. The predicted molar refractivity (Wildman–Crippen MR) is 128 cm³/mol. The van der Waals surface area contributed by atoms with Gasteiger partial charge in [-0.2, -0.15) is 0 Å². The lowest BCUT2D eigenvalue weighted by molar-refractivity contribution is -0.149. The topological polar surface area (TPSA) is 118 Å². The molecule has 0 bridgehead atoms. The van der Waals surface area contributed by atoms with Gasteiger partial charge in [0.05, 0.1) is 13.4 Å². The van der Waals surface area contributed by atoms with E-state index in [2.05, 4.69) is 5.32 Å². The number of nitrogens with zero attached hydrogens (tertiary/aromatic N) is 2. The van der Waals surface area contributed by atoms with E-state index in [1.54, 1.807) is 51.1 Å². The van der Waals surface area contributed by atoms with Crippen LogP contribution >= 0.6 is 0 Å². The van der Waals surface area contributed by atoms with Crippen molar-refractivity contribution in [3.8, 4) is 0 Å². The second kappa shape index (κ2) is 10.2. The number of likely N-dealkylation sites (tertiary alicyclic amines) is 1. The molecule has 3 rings (SSSR count). The number of esters is 1. The number of benzene rings is 1. The van der Waals surface area contributed by atoms with Crippen LogP contribution in [0, 0.1) is 0 Å². The third-order valence-corrected chi connectivity index (χ3v) is 5.60. The van der Waals surface area contributed by atoms with E-state index in [0.717, 1.165) is 0 Å². The summed E-state index contributed by atoms with van der Waals surface area (Å²) in [6.45, 7) is 7.04. The van der Waals surface area contributed by atoms with Gasteiger partial charge in [-0.15, -0.1) is 0 Å². The van der Waals surface area contributed by atoms with Crippen LogP contribution in [0.25, 0.3) is 0 Å². The molecule has 0 unspecified atom stereocenters. The van der Waals surface area contributed by atoms with Gasteiger partial charge in [0.1, 0.15) is 11.1 Å². The van der Waals surface area contributed by atoms with Gasteiger partial charge in [0.15, 0.2) is 5.76 Å². The van der Waals surface area contributed by atoms with Crippen LogP contribution in [-0.4, -0.2) is 60.1 Å². The molecule has 1 aliphatic rings. The maximum Gasteiger partial charge on any atom is 0.410 e. The van der Waals surface area contributed by atoms with Crippen molar-refractivity contribution in [2.75, 3.05) is 30.4 Å². The first kappa shape index (κ1) is 25.8. The standard InChI is InChI=1S/C25H31N3O7/c1-17(29)26-18-8-6-9-19(16-18)28(21(30)20-10-7-15-34-20)25(22(31)33-5)11-13-27(14-12-25)23(32)35-24(2,3)4/h6-10,15-16H,11-14H2,1-5H3,(H,26,29). The Morgan fingerprint density at radius 3 is 2.31 bits per heavy atom. The zero-order valence-corrected chi connectivity index (χ0v) is 20.6. The Kier molecular flexibility index (Phi) is 7.52. The maximum atomic E-state index is 13.7. The Labute approximate surface area is 204 Å². The fourth-order valence-electron chi connectivity index (χ4n) is 4.09. The first-order chi connectivity index (χ1) is 16.5. The van der Waals surface area contributed by atoms with Gasteiger partial charge in [-0.3, -0.25) is 14.5 Å². The molecular weight excluding hydrogens is 454 g/mol. The van der Waals surface area contributed by atoms with Crippen LogP contribution in [0.1, 0.15) is 51.1 Å². The number of carbonyl (C=O) groups excluding carboxylic acids is 4. The van der Waals surface area contributed by atoms with Gasteiger partial charge in [0.25, 0.3) is 5.91 Å². The van der Waals surface area contributed by atoms with E-state index in [1.165, 1.54) is 36.2 Å². The number of hydrogen-bond acceptors (Lipinski definition) is 7. The van der Waals surface area contributed by atoms with Crippen LogP contribution in [0.3, 0.4) is 0 Å². The van der Waals surface area contributed by atoms with Gasteiger partial charge in [-0.05, 0) is 63.9 Å². The molecule has 35 heavy (non-hydrogen) atoms. The molecule has 10 heteroatoms. The van der Waals surface area contributed by atoms with Gasteiger partial charge in [0, 0.05) is 31.4 Å². The Morgan fingerprint density at radius 2 is 1.77 bits per heavy atom. The molecule has 1 aliphatic heterocycles. The number of amides is 3. The van der Waals surface area contributed by atoms with Crippen LogP contribution in [0.15, 0.2) is 47.1 Å². The first-order valence-corrected chi connectivity index (χ1v) is 11.3. The van der Waals surface area contributed by atoms with Gasteiger partial charge >= 0.3 is 12.1 Å². The quantitative estimate of drug-likeness (QED) is 0.640. The number of ether oxygens (including phenoxy) is 2. The number of rotatable bonds is 5. The van der Waals surface area contributed by atoms with Gasteiger partial charge in [-0.25, -0.2) is 9.59 Å². The van der Waals surface area contributed by atoms with Crippen molar-refractivity contribution in [3.63, 3.8) is 0 Å². The summed E-state index contributed by atoms with van der Waals surface area (Å²) in [5.41, 5.74) is -1.27. The van der Waals surface area contributed by atoms with E-state index in [4.69, 9.17) is 13.9 Å². The Bertz CT molecular complexity index is 1080. The molecule has 1 fully saturated rings. The largest absolute Gasteiger partial charge is 0.467 e. The highest BCUT2D eigenvalue weighted by atomic mass is 16.6. The van der Waals surface area contributed by atoms with E-state index >= 15 is 0 Å². The summed E-state index contributed by atoms with van der Waals surface area (Å²) < 4.78 is 16.0. The number of carbonyl (C=O) groups is 4. The molecule has 3 amide bonds. The lowest BCUT2D eigenvalue weighted by Crippen LogP contribution is -2.63. The number of anilines is 2. The van der Waals surface area contributed by atoms with Crippen LogP contribution < -0.4 is 10.2 Å². The molecule has 1 aromatic heterocycles. The molecule has 0 aliphatic carbocycles. The van der Waals surface area contributed by atoms with Crippen molar-refractivity contribution in [2.24, 2.45) is 0 Å².